The van der Waals surface area contributed by atoms with Gasteiger partial charge in [0.05, 0.1) is 0 Å². The minimum absolute atomic E-state index is 0.323. The van der Waals surface area contributed by atoms with Gasteiger partial charge in [-0.2, -0.15) is 0 Å². The molecule has 1 heterocycles. The van der Waals surface area contributed by atoms with Crippen LogP contribution in [0.15, 0.2) is 152 Å². The molecule has 4 nitrogen and oxygen atoms in total. The van der Waals surface area contributed by atoms with Crippen molar-refractivity contribution in [2.45, 2.75) is 12.2 Å². The highest BCUT2D eigenvalue weighted by atomic mass is 31.2. The van der Waals surface area contributed by atoms with E-state index >= 15 is 0 Å². The molecule has 1 aliphatic carbocycles. The monoisotopic (exact) mass is 608 g/mol. The Morgan fingerprint density at radius 2 is 1.14 bits per heavy atom. The molecule has 0 saturated carbocycles. The molecule has 0 aromatic heterocycles. The standard InChI is InChI=1S/C38H29O4PSi/c39-43(40)41-38(42-43)27-26-29-15-11-13-23-34(29)37(38)36-33-22-12-10-14-28(33)24-25-35(36)44(30-16-4-1-5-17-30,31-18-6-2-7-19-31)32-20-8-3-9-21-32/h1-26H,27H2,(H,39,40). The second-order valence-corrected chi connectivity index (χ2v) is 16.4. The van der Waals surface area contributed by atoms with Crippen LogP contribution >= 0.6 is 7.82 Å². The predicted molar refractivity (Wildman–Crippen MR) is 180 cm³/mol. The summed E-state index contributed by atoms with van der Waals surface area (Å²) in [6.07, 6.45) is 2.36. The molecule has 6 aromatic carbocycles. The molecule has 0 unspecified atom stereocenters. The summed E-state index contributed by atoms with van der Waals surface area (Å²) < 4.78 is 24.6. The lowest BCUT2D eigenvalue weighted by atomic mass is 9.86. The van der Waals surface area contributed by atoms with Gasteiger partial charge < -0.3 is 4.89 Å². The molecule has 0 bridgehead atoms. The second kappa shape index (κ2) is 10.4. The molecule has 1 spiro atoms. The third kappa shape index (κ3) is 4.13. The van der Waals surface area contributed by atoms with Crippen LogP contribution in [-0.4, -0.2) is 18.8 Å². The van der Waals surface area contributed by atoms with E-state index in [9.17, 15) is 9.46 Å². The normalized spacial score (nSPS) is 21.0. The molecule has 214 valence electrons. The third-order valence-corrected chi connectivity index (χ3v) is 14.8. The Morgan fingerprint density at radius 3 is 1.73 bits per heavy atom. The molecule has 6 heteroatoms. The van der Waals surface area contributed by atoms with E-state index in [0.29, 0.717) is 6.42 Å². The van der Waals surface area contributed by atoms with Gasteiger partial charge in [0.1, 0.15) is 0 Å². The number of rotatable bonds is 5. The van der Waals surface area contributed by atoms with Gasteiger partial charge in [0.15, 0.2) is 8.07 Å². The van der Waals surface area contributed by atoms with E-state index in [2.05, 4.69) is 133 Å². The van der Waals surface area contributed by atoms with Crippen LogP contribution in [0.25, 0.3) is 22.4 Å². The number of hydrogen-bond acceptors (Lipinski definition) is 3. The second-order valence-electron chi connectivity index (χ2n) is 11.3. The molecule has 2 aliphatic rings. The lowest BCUT2D eigenvalue weighted by molar-refractivity contribution is -0.169. The summed E-state index contributed by atoms with van der Waals surface area (Å²) in [5, 5.41) is 8.98. The highest BCUT2D eigenvalue weighted by Gasteiger charge is 2.59. The van der Waals surface area contributed by atoms with Crippen molar-refractivity contribution in [1.82, 2.24) is 0 Å². The fourth-order valence-electron chi connectivity index (χ4n) is 7.21. The van der Waals surface area contributed by atoms with E-state index in [1.165, 1.54) is 15.6 Å². The zero-order valence-electron chi connectivity index (χ0n) is 23.8. The van der Waals surface area contributed by atoms with Crippen molar-refractivity contribution < 1.29 is 18.5 Å². The van der Waals surface area contributed by atoms with Gasteiger partial charge in [-0.3, -0.25) is 0 Å². The lowest BCUT2D eigenvalue weighted by Gasteiger charge is -2.47. The van der Waals surface area contributed by atoms with Crippen molar-refractivity contribution in [3.63, 3.8) is 0 Å². The van der Waals surface area contributed by atoms with Gasteiger partial charge in [0.2, 0.25) is 5.79 Å². The number of phosphoric ester groups is 1. The van der Waals surface area contributed by atoms with Gasteiger partial charge in [0, 0.05) is 12.0 Å². The maximum Gasteiger partial charge on any atom is 0.477 e. The van der Waals surface area contributed by atoms with E-state index in [1.54, 1.807) is 0 Å². The molecule has 6 aromatic rings. The van der Waals surface area contributed by atoms with Gasteiger partial charge in [-0.05, 0) is 47.5 Å². The van der Waals surface area contributed by atoms with E-state index in [-0.39, 0.29) is 0 Å². The maximum absolute atomic E-state index is 12.7. The molecule has 1 aliphatic heterocycles. The molecule has 0 atom stereocenters. The van der Waals surface area contributed by atoms with Crippen molar-refractivity contribution in [2.24, 2.45) is 0 Å². The molecule has 8 rings (SSSR count). The van der Waals surface area contributed by atoms with Crippen LogP contribution in [0.5, 0.6) is 0 Å². The van der Waals surface area contributed by atoms with Crippen LogP contribution in [-0.2, 0) is 13.6 Å². The van der Waals surface area contributed by atoms with Crippen molar-refractivity contribution in [3.8, 4) is 0 Å². The summed E-state index contributed by atoms with van der Waals surface area (Å²) in [5.74, 6) is -1.39. The highest BCUT2D eigenvalue weighted by molar-refractivity contribution is 7.48. The first-order chi connectivity index (χ1) is 21.5. The van der Waals surface area contributed by atoms with Crippen LogP contribution < -0.4 is 31.2 Å². The fourth-order valence-corrected chi connectivity index (χ4v) is 13.3. The zero-order chi connectivity index (χ0) is 29.8. The van der Waals surface area contributed by atoms with Crippen LogP contribution in [0.2, 0.25) is 0 Å². The Labute approximate surface area is 256 Å². The van der Waals surface area contributed by atoms with Gasteiger partial charge in [-0.15, -0.1) is 0 Å². The van der Waals surface area contributed by atoms with Crippen molar-refractivity contribution in [3.05, 3.63) is 168 Å². The predicted octanol–water partition coefficient (Wildman–Crippen LogP) is 4.44. The zero-order valence-corrected chi connectivity index (χ0v) is 25.7. The SMILES string of the molecule is O=P1(O)OC2(CC=c3ccccc3=C2c2c([Si](c3ccccc3)(c3ccccc3)c3ccccc3)ccc3ccccc23)O1. The molecule has 1 fully saturated rings. The largest absolute Gasteiger partial charge is 0.477 e. The number of fused-ring (bicyclic) bond motifs is 2. The topological polar surface area (TPSA) is 55.8 Å². The van der Waals surface area contributed by atoms with Gasteiger partial charge in [-0.25, -0.2) is 13.6 Å². The van der Waals surface area contributed by atoms with Crippen LogP contribution in [0.1, 0.15) is 12.0 Å². The first-order valence-corrected chi connectivity index (χ1v) is 18.2. The number of phosphoric acid groups is 1. The summed E-state index contributed by atoms with van der Waals surface area (Å²) in [7, 11) is -7.22. The van der Waals surface area contributed by atoms with E-state index in [0.717, 1.165) is 37.5 Å². The quantitative estimate of drug-likeness (QED) is 0.179. The number of hydrogen-bond donors (Lipinski definition) is 1. The average molecular weight is 609 g/mol. The molecule has 0 amide bonds. The Balaban J connectivity index is 1.61. The summed E-state index contributed by atoms with van der Waals surface area (Å²) in [6, 6.07) is 53.3. The summed E-state index contributed by atoms with van der Waals surface area (Å²) in [6.45, 7) is 0. The molecule has 1 saturated heterocycles. The first kappa shape index (κ1) is 27.2. The van der Waals surface area contributed by atoms with E-state index in [1.807, 2.05) is 24.3 Å². The third-order valence-electron chi connectivity index (χ3n) is 8.93. The Hall–Kier alpha value is -4.35. The average Bonchev–Trinajstić information content (AvgIpc) is 3.06. The molecule has 1 N–H and O–H groups in total. The Kier molecular flexibility index (Phi) is 6.42. The Bertz CT molecular complexity index is 2090. The van der Waals surface area contributed by atoms with Crippen LogP contribution in [0.4, 0.5) is 0 Å². The highest BCUT2D eigenvalue weighted by Crippen LogP contribution is 2.66. The van der Waals surface area contributed by atoms with E-state index in [4.69, 9.17) is 9.05 Å². The maximum atomic E-state index is 12.7. The first-order valence-electron chi connectivity index (χ1n) is 14.8. The van der Waals surface area contributed by atoms with Crippen LogP contribution in [0, 0.1) is 0 Å². The molecule has 44 heavy (non-hydrogen) atoms. The minimum atomic E-state index is -4.19. The minimum Gasteiger partial charge on any atom is -0.302 e. The Morgan fingerprint density at radius 1 is 0.614 bits per heavy atom. The van der Waals surface area contributed by atoms with E-state index < -0.39 is 21.7 Å². The van der Waals surface area contributed by atoms with Gasteiger partial charge in [-0.1, -0.05) is 158 Å². The lowest BCUT2D eigenvalue weighted by Crippen LogP contribution is -2.75. The van der Waals surface area contributed by atoms with Crippen molar-refractivity contribution in [1.29, 1.82) is 0 Å². The molecular formula is C38H29O4PSi. The smallest absolute Gasteiger partial charge is 0.302 e. The molecule has 0 radical (unpaired) electrons. The summed E-state index contributed by atoms with van der Waals surface area (Å²) >= 11 is 0. The van der Waals surface area contributed by atoms with Crippen molar-refractivity contribution in [2.75, 3.05) is 0 Å². The summed E-state index contributed by atoms with van der Waals surface area (Å²) in [5.41, 5.74) is 1.79. The number of benzene rings is 6. The summed E-state index contributed by atoms with van der Waals surface area (Å²) in [4.78, 5) is 10.4. The van der Waals surface area contributed by atoms with Crippen molar-refractivity contribution >= 4 is 59.1 Å². The molecular weight excluding hydrogens is 579 g/mol. The van der Waals surface area contributed by atoms with Gasteiger partial charge >= 0.3 is 7.82 Å². The van der Waals surface area contributed by atoms with Gasteiger partial charge in [0.25, 0.3) is 0 Å². The fraction of sp³-hybridized carbons (Fsp3) is 0.0526. The van der Waals surface area contributed by atoms with Crippen LogP contribution in [0.3, 0.4) is 0 Å².